The monoisotopic (exact) mass is 428 g/mol. The molecular formula is C25H36N2O4. The lowest BCUT2D eigenvalue weighted by molar-refractivity contribution is -0.140. The van der Waals surface area contributed by atoms with E-state index in [9.17, 15) is 9.59 Å². The molecule has 4 rings (SSSR count). The summed E-state index contributed by atoms with van der Waals surface area (Å²) < 4.78 is 11.5. The summed E-state index contributed by atoms with van der Waals surface area (Å²) in [5, 5.41) is 3.14. The Labute approximate surface area is 185 Å². The summed E-state index contributed by atoms with van der Waals surface area (Å²) in [6.45, 7) is 8.70. The third-order valence-corrected chi connectivity index (χ3v) is 7.48. The van der Waals surface area contributed by atoms with Crippen LogP contribution in [0.1, 0.15) is 64.9 Å². The molecule has 2 amide bonds. The number of carbonyl (C=O) groups excluding carboxylic acids is 2. The quantitative estimate of drug-likeness (QED) is 0.777. The maximum atomic E-state index is 13.8. The minimum Gasteiger partial charge on any atom is -0.486 e. The molecule has 170 valence electrons. The van der Waals surface area contributed by atoms with Crippen LogP contribution in [0.5, 0.6) is 11.5 Å². The van der Waals surface area contributed by atoms with E-state index in [4.69, 9.17) is 9.47 Å². The maximum absolute atomic E-state index is 13.8. The lowest BCUT2D eigenvalue weighted by atomic mass is 9.76. The molecule has 3 aliphatic rings. The number of nitrogens with zero attached hydrogens (tertiary/aromatic N) is 1. The Bertz CT molecular complexity index is 808. The van der Waals surface area contributed by atoms with Crippen LogP contribution in [0.25, 0.3) is 0 Å². The second-order valence-corrected chi connectivity index (χ2v) is 9.76. The van der Waals surface area contributed by atoms with Gasteiger partial charge in [0.1, 0.15) is 13.2 Å². The Balaban J connectivity index is 1.45. The summed E-state index contributed by atoms with van der Waals surface area (Å²) in [6.07, 6.45) is 5.34. The van der Waals surface area contributed by atoms with E-state index in [0.717, 1.165) is 55.6 Å². The van der Waals surface area contributed by atoms with Crippen molar-refractivity contribution in [2.24, 2.45) is 11.8 Å². The SMILES string of the molecule is CC(C)C(C)NC(=O)C1CCN(C(=O)C2(c3ccc4c(c3)OCCO4)CCCC2)CC1. The van der Waals surface area contributed by atoms with Crippen molar-refractivity contribution in [1.82, 2.24) is 10.2 Å². The van der Waals surface area contributed by atoms with Gasteiger partial charge in [-0.05, 0) is 56.2 Å². The standard InChI is InChI=1S/C25H36N2O4/c1-17(2)18(3)26-23(28)19-8-12-27(13-9-19)24(29)25(10-4-5-11-25)20-6-7-21-22(16-20)31-15-14-30-21/h6-7,16-19H,4-5,8-15H2,1-3H3,(H,26,28). The van der Waals surface area contributed by atoms with Crippen molar-refractivity contribution in [3.63, 3.8) is 0 Å². The number of fused-ring (bicyclic) bond motifs is 1. The largest absolute Gasteiger partial charge is 0.486 e. The molecule has 1 saturated heterocycles. The van der Waals surface area contributed by atoms with Gasteiger partial charge in [-0.15, -0.1) is 0 Å². The molecule has 1 aromatic carbocycles. The Kier molecular flexibility index (Phi) is 6.44. The molecule has 6 heteroatoms. The summed E-state index contributed by atoms with van der Waals surface area (Å²) in [6, 6.07) is 6.18. The predicted octanol–water partition coefficient (Wildman–Crippen LogP) is 3.67. The second-order valence-electron chi connectivity index (χ2n) is 9.76. The third kappa shape index (κ3) is 4.39. The summed E-state index contributed by atoms with van der Waals surface area (Å²) in [5.74, 6) is 2.28. The molecule has 2 aliphatic heterocycles. The smallest absolute Gasteiger partial charge is 0.233 e. The fourth-order valence-electron chi connectivity index (χ4n) is 5.10. The molecule has 6 nitrogen and oxygen atoms in total. The lowest BCUT2D eigenvalue weighted by Gasteiger charge is -2.39. The number of carbonyl (C=O) groups is 2. The molecule has 0 radical (unpaired) electrons. The van der Waals surface area contributed by atoms with E-state index in [2.05, 4.69) is 26.1 Å². The van der Waals surface area contributed by atoms with Crippen LogP contribution in [-0.2, 0) is 15.0 Å². The number of nitrogens with one attached hydrogen (secondary N) is 1. The van der Waals surface area contributed by atoms with Gasteiger partial charge in [-0.25, -0.2) is 0 Å². The minimum atomic E-state index is -0.475. The zero-order chi connectivity index (χ0) is 22.0. The van der Waals surface area contributed by atoms with Crippen molar-refractivity contribution in [3.05, 3.63) is 23.8 Å². The molecule has 1 aliphatic carbocycles. The molecule has 1 unspecified atom stereocenters. The number of hydrogen-bond acceptors (Lipinski definition) is 4. The van der Waals surface area contributed by atoms with Crippen LogP contribution < -0.4 is 14.8 Å². The van der Waals surface area contributed by atoms with E-state index in [-0.39, 0.29) is 23.8 Å². The van der Waals surface area contributed by atoms with E-state index >= 15 is 0 Å². The second kappa shape index (κ2) is 9.09. The lowest BCUT2D eigenvalue weighted by Crippen LogP contribution is -2.50. The van der Waals surface area contributed by atoms with Gasteiger partial charge in [0.15, 0.2) is 11.5 Å². The molecule has 1 atom stereocenters. The van der Waals surface area contributed by atoms with Gasteiger partial charge in [0.05, 0.1) is 5.41 Å². The van der Waals surface area contributed by atoms with Gasteiger partial charge >= 0.3 is 0 Å². The summed E-state index contributed by atoms with van der Waals surface area (Å²) in [5.41, 5.74) is 0.571. The van der Waals surface area contributed by atoms with Crippen LogP contribution in [0.3, 0.4) is 0 Å². The van der Waals surface area contributed by atoms with Crippen molar-refractivity contribution in [1.29, 1.82) is 0 Å². The number of rotatable bonds is 5. The van der Waals surface area contributed by atoms with E-state index in [0.29, 0.717) is 32.2 Å². The van der Waals surface area contributed by atoms with Gasteiger partial charge in [-0.1, -0.05) is 32.8 Å². The van der Waals surface area contributed by atoms with Gasteiger partial charge in [-0.2, -0.15) is 0 Å². The first-order valence-corrected chi connectivity index (χ1v) is 11.9. The highest BCUT2D eigenvalue weighted by Crippen LogP contribution is 2.45. The predicted molar refractivity (Wildman–Crippen MR) is 119 cm³/mol. The van der Waals surface area contributed by atoms with Crippen LogP contribution in [0.2, 0.25) is 0 Å². The first-order chi connectivity index (χ1) is 14.9. The van der Waals surface area contributed by atoms with Crippen molar-refractivity contribution >= 4 is 11.8 Å². The molecular weight excluding hydrogens is 392 g/mol. The van der Waals surface area contributed by atoms with Crippen LogP contribution in [0.4, 0.5) is 0 Å². The van der Waals surface area contributed by atoms with Crippen LogP contribution in [0.15, 0.2) is 18.2 Å². The summed E-state index contributed by atoms with van der Waals surface area (Å²) in [7, 11) is 0. The van der Waals surface area contributed by atoms with Gasteiger partial charge in [-0.3, -0.25) is 9.59 Å². The molecule has 1 N–H and O–H groups in total. The van der Waals surface area contributed by atoms with Crippen molar-refractivity contribution in [2.75, 3.05) is 26.3 Å². The van der Waals surface area contributed by atoms with E-state index in [1.807, 2.05) is 23.1 Å². The summed E-state index contributed by atoms with van der Waals surface area (Å²) in [4.78, 5) is 28.4. The molecule has 2 fully saturated rings. The molecule has 0 spiro atoms. The molecule has 1 aromatic rings. The maximum Gasteiger partial charge on any atom is 0.233 e. The van der Waals surface area contributed by atoms with Crippen LogP contribution >= 0.6 is 0 Å². The molecule has 2 heterocycles. The molecule has 1 saturated carbocycles. The van der Waals surface area contributed by atoms with Gasteiger partial charge < -0.3 is 19.7 Å². The zero-order valence-corrected chi connectivity index (χ0v) is 19.1. The van der Waals surface area contributed by atoms with Gasteiger partial charge in [0, 0.05) is 25.0 Å². The fourth-order valence-corrected chi connectivity index (χ4v) is 5.10. The first-order valence-electron chi connectivity index (χ1n) is 11.9. The number of amides is 2. The highest BCUT2D eigenvalue weighted by atomic mass is 16.6. The molecule has 0 bridgehead atoms. The number of benzene rings is 1. The van der Waals surface area contributed by atoms with E-state index < -0.39 is 5.41 Å². The molecule has 31 heavy (non-hydrogen) atoms. The normalized spacial score (nSPS) is 21.7. The van der Waals surface area contributed by atoms with E-state index in [1.165, 1.54) is 0 Å². The first kappa shape index (κ1) is 22.0. The van der Waals surface area contributed by atoms with Crippen molar-refractivity contribution in [2.45, 2.75) is 70.8 Å². The summed E-state index contributed by atoms with van der Waals surface area (Å²) >= 11 is 0. The topological polar surface area (TPSA) is 67.9 Å². The zero-order valence-electron chi connectivity index (χ0n) is 19.1. The van der Waals surface area contributed by atoms with E-state index in [1.54, 1.807) is 0 Å². The Hall–Kier alpha value is -2.24. The van der Waals surface area contributed by atoms with Gasteiger partial charge in [0.25, 0.3) is 0 Å². The Morgan fingerprint density at radius 2 is 1.68 bits per heavy atom. The number of piperidine rings is 1. The number of ether oxygens (including phenoxy) is 2. The van der Waals surface area contributed by atoms with Crippen molar-refractivity contribution in [3.8, 4) is 11.5 Å². The Morgan fingerprint density at radius 1 is 1.03 bits per heavy atom. The van der Waals surface area contributed by atoms with Crippen LogP contribution in [0, 0.1) is 11.8 Å². The average Bonchev–Trinajstić information content (AvgIpc) is 3.29. The third-order valence-electron chi connectivity index (χ3n) is 7.48. The van der Waals surface area contributed by atoms with Crippen molar-refractivity contribution < 1.29 is 19.1 Å². The average molecular weight is 429 g/mol. The highest BCUT2D eigenvalue weighted by Gasteiger charge is 2.46. The Morgan fingerprint density at radius 3 is 2.32 bits per heavy atom. The fraction of sp³-hybridized carbons (Fsp3) is 0.680. The minimum absolute atomic E-state index is 0.000860. The molecule has 0 aromatic heterocycles. The number of likely N-dealkylation sites (tertiary alicyclic amines) is 1. The number of hydrogen-bond donors (Lipinski definition) is 1. The van der Waals surface area contributed by atoms with Gasteiger partial charge in [0.2, 0.25) is 11.8 Å². The highest BCUT2D eigenvalue weighted by molar-refractivity contribution is 5.89. The van der Waals surface area contributed by atoms with Crippen LogP contribution in [-0.4, -0.2) is 49.1 Å².